The molecule has 1 heterocycles. The number of benzene rings is 2. The van der Waals surface area contributed by atoms with Crippen LogP contribution < -0.4 is 9.47 Å². The highest BCUT2D eigenvalue weighted by atomic mass is 32.2. The lowest BCUT2D eigenvalue weighted by atomic mass is 10.2. The predicted molar refractivity (Wildman–Crippen MR) is 68.6 cm³/mol. The van der Waals surface area contributed by atoms with Crippen LogP contribution >= 0.6 is 11.8 Å². The number of fused-ring (bicyclic) bond motifs is 1. The van der Waals surface area contributed by atoms with Gasteiger partial charge >= 0.3 is 0 Å². The van der Waals surface area contributed by atoms with Gasteiger partial charge in [-0.1, -0.05) is 24.3 Å². The van der Waals surface area contributed by atoms with Crippen LogP contribution in [0.2, 0.25) is 0 Å². The number of hydrogen-bond donors (Lipinski definition) is 0. The van der Waals surface area contributed by atoms with Crippen LogP contribution in [0.1, 0.15) is 5.56 Å². The summed E-state index contributed by atoms with van der Waals surface area (Å²) in [4.78, 5) is 1.28. The Morgan fingerprint density at radius 2 is 1.76 bits per heavy atom. The lowest BCUT2D eigenvalue weighted by Crippen LogP contribution is -1.92. The van der Waals surface area contributed by atoms with Crippen LogP contribution in [0.4, 0.5) is 0 Å². The minimum atomic E-state index is 0.338. The van der Waals surface area contributed by atoms with Gasteiger partial charge in [0.15, 0.2) is 11.5 Å². The molecular weight excluding hydrogens is 232 g/mol. The third-order valence-electron chi connectivity index (χ3n) is 2.59. The highest BCUT2D eigenvalue weighted by Crippen LogP contribution is 2.34. The van der Waals surface area contributed by atoms with Crippen molar-refractivity contribution >= 4 is 11.8 Å². The molecule has 0 saturated carbocycles. The first-order valence-electron chi connectivity index (χ1n) is 5.48. The molecule has 0 radical (unpaired) electrons. The summed E-state index contributed by atoms with van der Waals surface area (Å²) < 4.78 is 10.6. The van der Waals surface area contributed by atoms with Crippen LogP contribution in [0.5, 0.6) is 11.5 Å². The fraction of sp³-hybridized carbons (Fsp3) is 0.143. The maximum atomic E-state index is 5.36. The van der Waals surface area contributed by atoms with E-state index in [1.165, 1.54) is 10.5 Å². The van der Waals surface area contributed by atoms with Crippen molar-refractivity contribution in [2.75, 3.05) is 6.79 Å². The van der Waals surface area contributed by atoms with Crippen molar-refractivity contribution in [3.63, 3.8) is 0 Å². The minimum absolute atomic E-state index is 0.338. The van der Waals surface area contributed by atoms with Crippen LogP contribution in [0.15, 0.2) is 53.4 Å². The number of rotatable bonds is 3. The van der Waals surface area contributed by atoms with Crippen molar-refractivity contribution in [2.24, 2.45) is 0 Å². The molecule has 3 heteroatoms. The molecule has 1 aliphatic heterocycles. The average Bonchev–Trinajstić information content (AvgIpc) is 2.85. The van der Waals surface area contributed by atoms with Crippen LogP contribution in [-0.2, 0) is 5.75 Å². The van der Waals surface area contributed by atoms with Gasteiger partial charge in [0, 0.05) is 10.6 Å². The molecule has 0 amide bonds. The fourth-order valence-corrected chi connectivity index (χ4v) is 2.58. The van der Waals surface area contributed by atoms with Crippen molar-refractivity contribution in [1.29, 1.82) is 0 Å². The van der Waals surface area contributed by atoms with Gasteiger partial charge in [0.05, 0.1) is 0 Å². The average molecular weight is 244 g/mol. The Bertz CT molecular complexity index is 511. The Morgan fingerprint density at radius 3 is 2.65 bits per heavy atom. The molecule has 0 aromatic heterocycles. The molecule has 0 aliphatic carbocycles. The summed E-state index contributed by atoms with van der Waals surface area (Å²) in [5.41, 5.74) is 1.25. The van der Waals surface area contributed by atoms with Crippen molar-refractivity contribution in [3.8, 4) is 11.5 Å². The monoisotopic (exact) mass is 244 g/mol. The Labute approximate surface area is 105 Å². The van der Waals surface area contributed by atoms with E-state index in [9.17, 15) is 0 Å². The molecule has 17 heavy (non-hydrogen) atoms. The number of thioether (sulfide) groups is 1. The fourth-order valence-electron chi connectivity index (χ4n) is 1.71. The highest BCUT2D eigenvalue weighted by Gasteiger charge is 2.12. The van der Waals surface area contributed by atoms with Crippen LogP contribution in [0.3, 0.4) is 0 Å². The number of ether oxygens (including phenoxy) is 2. The zero-order valence-corrected chi connectivity index (χ0v) is 10.1. The lowest BCUT2D eigenvalue weighted by Gasteiger charge is -2.03. The summed E-state index contributed by atoms with van der Waals surface area (Å²) in [6.45, 7) is 0.338. The molecule has 86 valence electrons. The third kappa shape index (κ3) is 2.39. The van der Waals surface area contributed by atoms with Crippen LogP contribution in [0.25, 0.3) is 0 Å². The van der Waals surface area contributed by atoms with Gasteiger partial charge in [-0.2, -0.15) is 0 Å². The molecule has 0 N–H and O–H groups in total. The molecule has 2 nitrogen and oxygen atoms in total. The summed E-state index contributed by atoms with van der Waals surface area (Å²) in [5.74, 6) is 2.65. The zero-order valence-electron chi connectivity index (χ0n) is 9.26. The van der Waals surface area contributed by atoms with E-state index in [-0.39, 0.29) is 0 Å². The minimum Gasteiger partial charge on any atom is -0.454 e. The van der Waals surface area contributed by atoms with E-state index in [2.05, 4.69) is 36.4 Å². The van der Waals surface area contributed by atoms with Gasteiger partial charge in [-0.25, -0.2) is 0 Å². The van der Waals surface area contributed by atoms with Gasteiger partial charge in [0.25, 0.3) is 0 Å². The molecule has 0 spiro atoms. The normalized spacial score (nSPS) is 12.7. The van der Waals surface area contributed by atoms with Crippen molar-refractivity contribution in [1.82, 2.24) is 0 Å². The predicted octanol–water partition coefficient (Wildman–Crippen LogP) is 3.71. The quantitative estimate of drug-likeness (QED) is 0.767. The summed E-state index contributed by atoms with van der Waals surface area (Å²) in [6, 6.07) is 16.5. The number of hydrogen-bond acceptors (Lipinski definition) is 3. The molecule has 3 rings (SSSR count). The second kappa shape index (κ2) is 4.72. The second-order valence-electron chi connectivity index (χ2n) is 3.79. The van der Waals surface area contributed by atoms with E-state index < -0.39 is 0 Å². The standard InChI is InChI=1S/C14H12O2S/c1-2-4-12(5-3-1)17-9-11-6-7-13-14(8-11)16-10-15-13/h1-8H,9-10H2. The molecule has 1 aliphatic rings. The van der Waals surface area contributed by atoms with Gasteiger partial charge in [0.1, 0.15) is 0 Å². The molecule has 0 bridgehead atoms. The summed E-state index contributed by atoms with van der Waals surface area (Å²) in [6.07, 6.45) is 0. The van der Waals surface area contributed by atoms with Gasteiger partial charge in [-0.05, 0) is 29.8 Å². The van der Waals surface area contributed by atoms with Crippen molar-refractivity contribution in [2.45, 2.75) is 10.6 Å². The zero-order chi connectivity index (χ0) is 11.5. The van der Waals surface area contributed by atoms with Crippen molar-refractivity contribution in [3.05, 3.63) is 54.1 Å². The van der Waals surface area contributed by atoms with Crippen molar-refractivity contribution < 1.29 is 9.47 Å². The summed E-state index contributed by atoms with van der Waals surface area (Å²) in [5, 5.41) is 0. The Morgan fingerprint density at radius 1 is 0.941 bits per heavy atom. The molecule has 0 atom stereocenters. The summed E-state index contributed by atoms with van der Waals surface area (Å²) >= 11 is 1.82. The SMILES string of the molecule is c1ccc(SCc2ccc3c(c2)OCO3)cc1. The van der Waals surface area contributed by atoms with E-state index in [0.717, 1.165) is 17.3 Å². The Hall–Kier alpha value is -1.61. The van der Waals surface area contributed by atoms with Crippen LogP contribution in [0, 0.1) is 0 Å². The largest absolute Gasteiger partial charge is 0.454 e. The van der Waals surface area contributed by atoms with Gasteiger partial charge < -0.3 is 9.47 Å². The second-order valence-corrected chi connectivity index (χ2v) is 4.84. The Kier molecular flexibility index (Phi) is 2.92. The topological polar surface area (TPSA) is 18.5 Å². The van der Waals surface area contributed by atoms with E-state index in [1.54, 1.807) is 0 Å². The molecule has 0 saturated heterocycles. The van der Waals surface area contributed by atoms with E-state index >= 15 is 0 Å². The van der Waals surface area contributed by atoms with E-state index in [1.807, 2.05) is 23.9 Å². The maximum Gasteiger partial charge on any atom is 0.231 e. The van der Waals surface area contributed by atoms with Crippen LogP contribution in [-0.4, -0.2) is 6.79 Å². The summed E-state index contributed by atoms with van der Waals surface area (Å²) in [7, 11) is 0. The third-order valence-corrected chi connectivity index (χ3v) is 3.67. The first-order chi connectivity index (χ1) is 8.42. The molecule has 0 unspecified atom stereocenters. The first kappa shape index (κ1) is 10.5. The van der Waals surface area contributed by atoms with Gasteiger partial charge in [-0.3, -0.25) is 0 Å². The van der Waals surface area contributed by atoms with Gasteiger partial charge in [-0.15, -0.1) is 11.8 Å². The first-order valence-corrected chi connectivity index (χ1v) is 6.47. The van der Waals surface area contributed by atoms with E-state index in [0.29, 0.717) is 6.79 Å². The van der Waals surface area contributed by atoms with Gasteiger partial charge in [0.2, 0.25) is 6.79 Å². The molecule has 2 aromatic carbocycles. The highest BCUT2D eigenvalue weighted by molar-refractivity contribution is 7.98. The molecule has 0 fully saturated rings. The smallest absolute Gasteiger partial charge is 0.231 e. The molecule has 2 aromatic rings. The molecular formula is C14H12O2S. The maximum absolute atomic E-state index is 5.36. The van der Waals surface area contributed by atoms with E-state index in [4.69, 9.17) is 9.47 Å². The Balaban J connectivity index is 1.70. The lowest BCUT2D eigenvalue weighted by molar-refractivity contribution is 0.174.